The van der Waals surface area contributed by atoms with Gasteiger partial charge in [0.2, 0.25) is 0 Å². The number of carbonyl (C=O) groups is 2. The molecule has 104 valence electrons. The smallest absolute Gasteiger partial charge is 0.256 e. The van der Waals surface area contributed by atoms with Gasteiger partial charge in [0, 0.05) is 19.5 Å². The van der Waals surface area contributed by atoms with E-state index in [0.29, 0.717) is 21.1 Å². The number of Topliss-reactive ketones (excluding diaryl/α,β-unsaturated/α-hetero) is 1. The van der Waals surface area contributed by atoms with E-state index in [9.17, 15) is 9.59 Å². The second-order valence-electron chi connectivity index (χ2n) is 4.69. The van der Waals surface area contributed by atoms with Gasteiger partial charge in [-0.1, -0.05) is 6.92 Å². The highest BCUT2D eigenvalue weighted by Crippen LogP contribution is 2.41. The lowest BCUT2D eigenvalue weighted by molar-refractivity contribution is 0.0964. The molecule has 0 atom stereocenters. The van der Waals surface area contributed by atoms with Crippen LogP contribution in [0.2, 0.25) is 0 Å². The first kappa shape index (κ1) is 13.9. The van der Waals surface area contributed by atoms with E-state index in [1.54, 1.807) is 7.05 Å². The normalized spacial score (nSPS) is 14.2. The molecule has 5 nitrogen and oxygen atoms in total. The van der Waals surface area contributed by atoms with Gasteiger partial charge in [-0.2, -0.15) is 0 Å². The first-order chi connectivity index (χ1) is 9.10. The van der Waals surface area contributed by atoms with E-state index in [2.05, 4.69) is 10.6 Å². The first-order valence-electron chi connectivity index (χ1n) is 6.52. The number of hydrogen-bond acceptors (Lipinski definition) is 5. The summed E-state index contributed by atoms with van der Waals surface area (Å²) < 4.78 is 0. The summed E-state index contributed by atoms with van der Waals surface area (Å²) in [5, 5.41) is 6.45. The Bertz CT molecular complexity index is 506. The molecule has 0 saturated heterocycles. The number of carbonyl (C=O) groups excluding carboxylic acids is 2. The third-order valence-corrected chi connectivity index (χ3v) is 4.28. The van der Waals surface area contributed by atoms with E-state index < -0.39 is 0 Å². The fraction of sp³-hybridized carbons (Fsp3) is 0.538. The van der Waals surface area contributed by atoms with Gasteiger partial charge in [-0.25, -0.2) is 0 Å². The summed E-state index contributed by atoms with van der Waals surface area (Å²) >= 11 is 1.30. The Hall–Kier alpha value is -1.56. The van der Waals surface area contributed by atoms with Crippen LogP contribution in [0.15, 0.2) is 0 Å². The molecule has 4 N–H and O–H groups in total. The van der Waals surface area contributed by atoms with E-state index >= 15 is 0 Å². The summed E-state index contributed by atoms with van der Waals surface area (Å²) in [5.74, 6) is -0.0584. The van der Waals surface area contributed by atoms with Crippen molar-refractivity contribution in [1.82, 2.24) is 5.32 Å². The number of anilines is 2. The third-order valence-electron chi connectivity index (χ3n) is 3.11. The third kappa shape index (κ3) is 2.73. The van der Waals surface area contributed by atoms with E-state index in [0.717, 1.165) is 25.8 Å². The minimum absolute atomic E-state index is 0.0807. The van der Waals surface area contributed by atoms with Crippen LogP contribution in [0, 0.1) is 5.92 Å². The molecule has 0 spiro atoms. The molecule has 0 aromatic carbocycles. The Balaban J connectivity index is 2.37. The van der Waals surface area contributed by atoms with Crippen LogP contribution < -0.4 is 16.4 Å². The van der Waals surface area contributed by atoms with Gasteiger partial charge in [-0.05, 0) is 19.3 Å². The number of hydrogen-bond donors (Lipinski definition) is 3. The zero-order chi connectivity index (χ0) is 14.0. The summed E-state index contributed by atoms with van der Waals surface area (Å²) in [6.07, 6.45) is 2.81. The van der Waals surface area contributed by atoms with Crippen molar-refractivity contribution >= 4 is 33.7 Å². The highest BCUT2D eigenvalue weighted by atomic mass is 32.1. The number of thiophene rings is 1. The molecule has 1 saturated carbocycles. The Morgan fingerprint density at radius 2 is 2.11 bits per heavy atom. The van der Waals surface area contributed by atoms with Crippen LogP contribution >= 0.6 is 11.3 Å². The van der Waals surface area contributed by atoms with Crippen LogP contribution in [0.1, 0.15) is 46.2 Å². The Morgan fingerprint density at radius 1 is 1.42 bits per heavy atom. The summed E-state index contributed by atoms with van der Waals surface area (Å²) in [6, 6.07) is 0. The Kier molecular flexibility index (Phi) is 4.09. The number of ketones is 1. The maximum atomic E-state index is 12.1. The minimum atomic E-state index is -0.248. The highest BCUT2D eigenvalue weighted by molar-refractivity contribution is 7.19. The summed E-state index contributed by atoms with van der Waals surface area (Å²) in [7, 11) is 1.56. The molecule has 1 aromatic rings. The molecule has 1 aromatic heterocycles. The maximum absolute atomic E-state index is 12.1. The van der Waals surface area contributed by atoms with Gasteiger partial charge in [-0.3, -0.25) is 9.59 Å². The van der Waals surface area contributed by atoms with Crippen molar-refractivity contribution < 1.29 is 9.59 Å². The molecule has 1 aliphatic rings. The van der Waals surface area contributed by atoms with Gasteiger partial charge in [0.25, 0.3) is 5.91 Å². The highest BCUT2D eigenvalue weighted by Gasteiger charge is 2.34. The molecule has 0 radical (unpaired) electrons. The monoisotopic (exact) mass is 281 g/mol. The lowest BCUT2D eigenvalue weighted by Gasteiger charge is -2.05. The number of rotatable bonds is 6. The predicted octanol–water partition coefficient (Wildman–Crippen LogP) is 2.10. The molecule has 19 heavy (non-hydrogen) atoms. The Morgan fingerprint density at radius 3 is 2.63 bits per heavy atom. The minimum Gasteiger partial charge on any atom is -0.397 e. The SMILES string of the molecule is CCCNc1sc(C(=O)C2CC2)c(N)c1C(=O)NC. The molecule has 1 aliphatic carbocycles. The molecule has 6 heteroatoms. The van der Waals surface area contributed by atoms with Gasteiger partial charge < -0.3 is 16.4 Å². The summed E-state index contributed by atoms with van der Waals surface area (Å²) in [5.41, 5.74) is 6.73. The maximum Gasteiger partial charge on any atom is 0.256 e. The summed E-state index contributed by atoms with van der Waals surface area (Å²) in [6.45, 7) is 2.79. The topological polar surface area (TPSA) is 84.2 Å². The van der Waals surface area contributed by atoms with Crippen molar-refractivity contribution in [3.63, 3.8) is 0 Å². The van der Waals surface area contributed by atoms with Crippen molar-refractivity contribution in [2.75, 3.05) is 24.6 Å². The number of nitrogens with two attached hydrogens (primary N) is 1. The largest absolute Gasteiger partial charge is 0.397 e. The van der Waals surface area contributed by atoms with Gasteiger partial charge >= 0.3 is 0 Å². The van der Waals surface area contributed by atoms with Gasteiger partial charge in [0.05, 0.1) is 16.1 Å². The standard InChI is InChI=1S/C13H19N3O2S/c1-3-6-16-13-8(12(18)15-2)9(14)11(19-13)10(17)7-4-5-7/h7,16H,3-6,14H2,1-2H3,(H,15,18). The quantitative estimate of drug-likeness (QED) is 0.697. The van der Waals surface area contributed by atoms with Crippen LogP contribution in [-0.2, 0) is 0 Å². The second kappa shape index (κ2) is 5.61. The van der Waals surface area contributed by atoms with Crippen LogP contribution in [0.5, 0.6) is 0 Å². The van der Waals surface area contributed by atoms with Crippen LogP contribution in [0.4, 0.5) is 10.7 Å². The molecule has 2 rings (SSSR count). The average molecular weight is 281 g/mol. The fourth-order valence-corrected chi connectivity index (χ4v) is 3.03. The molecular weight excluding hydrogens is 262 g/mol. The van der Waals surface area contributed by atoms with E-state index in [4.69, 9.17) is 5.73 Å². The molecule has 1 heterocycles. The van der Waals surface area contributed by atoms with Crippen molar-refractivity contribution in [2.45, 2.75) is 26.2 Å². The molecule has 1 fully saturated rings. The van der Waals surface area contributed by atoms with Crippen molar-refractivity contribution in [3.8, 4) is 0 Å². The van der Waals surface area contributed by atoms with Gasteiger partial charge in [0.15, 0.2) is 5.78 Å². The zero-order valence-corrected chi connectivity index (χ0v) is 12.0. The van der Waals surface area contributed by atoms with Crippen molar-refractivity contribution in [2.24, 2.45) is 5.92 Å². The fourth-order valence-electron chi connectivity index (χ4n) is 1.87. The number of nitrogen functional groups attached to an aromatic ring is 1. The second-order valence-corrected chi connectivity index (χ2v) is 5.71. The van der Waals surface area contributed by atoms with Crippen LogP contribution in [0.3, 0.4) is 0 Å². The molecule has 0 bridgehead atoms. The van der Waals surface area contributed by atoms with Crippen LogP contribution in [0.25, 0.3) is 0 Å². The number of nitrogens with one attached hydrogen (secondary N) is 2. The lowest BCUT2D eigenvalue weighted by atomic mass is 10.1. The predicted molar refractivity (Wildman–Crippen MR) is 78.0 cm³/mol. The van der Waals surface area contributed by atoms with E-state index in [1.807, 2.05) is 6.92 Å². The average Bonchev–Trinajstić information content (AvgIpc) is 3.20. The lowest BCUT2D eigenvalue weighted by Crippen LogP contribution is -2.20. The number of amides is 1. The van der Waals surface area contributed by atoms with Crippen molar-refractivity contribution in [1.29, 1.82) is 0 Å². The van der Waals surface area contributed by atoms with Gasteiger partial charge in [0.1, 0.15) is 5.00 Å². The summed E-state index contributed by atoms with van der Waals surface area (Å²) in [4.78, 5) is 24.6. The van der Waals surface area contributed by atoms with Crippen LogP contribution in [-0.4, -0.2) is 25.3 Å². The molecule has 0 unspecified atom stereocenters. The molecule has 1 amide bonds. The van der Waals surface area contributed by atoms with Gasteiger partial charge in [-0.15, -0.1) is 11.3 Å². The first-order valence-corrected chi connectivity index (χ1v) is 7.34. The Labute approximate surface area is 116 Å². The zero-order valence-electron chi connectivity index (χ0n) is 11.2. The van der Waals surface area contributed by atoms with E-state index in [-0.39, 0.29) is 17.6 Å². The van der Waals surface area contributed by atoms with E-state index in [1.165, 1.54) is 11.3 Å². The molecule has 0 aliphatic heterocycles. The molecular formula is C13H19N3O2S. The van der Waals surface area contributed by atoms with Crippen molar-refractivity contribution in [3.05, 3.63) is 10.4 Å².